The van der Waals surface area contributed by atoms with Crippen molar-refractivity contribution in [3.8, 4) is 0 Å². The summed E-state index contributed by atoms with van der Waals surface area (Å²) in [5.74, 6) is 0.190. The molecule has 1 unspecified atom stereocenters. The van der Waals surface area contributed by atoms with Crippen molar-refractivity contribution in [2.45, 2.75) is 23.8 Å². The number of hydrogen-bond donors (Lipinski definition) is 2. The molecular formula is C7H13N5S. The summed E-state index contributed by atoms with van der Waals surface area (Å²) in [5, 5.41) is 15.8. The van der Waals surface area contributed by atoms with Crippen molar-refractivity contribution < 1.29 is 0 Å². The second-order valence-electron chi connectivity index (χ2n) is 2.69. The maximum absolute atomic E-state index is 7.32. The van der Waals surface area contributed by atoms with E-state index in [0.717, 1.165) is 11.6 Å². The van der Waals surface area contributed by atoms with Gasteiger partial charge in [0.2, 0.25) is 0 Å². The average Bonchev–Trinajstić information content (AvgIpc) is 2.46. The zero-order chi connectivity index (χ0) is 9.84. The molecular weight excluding hydrogens is 186 g/mol. The Morgan fingerprint density at radius 1 is 1.85 bits per heavy atom. The van der Waals surface area contributed by atoms with E-state index in [1.165, 1.54) is 11.8 Å². The zero-order valence-corrected chi connectivity index (χ0v) is 8.51. The van der Waals surface area contributed by atoms with Crippen molar-refractivity contribution in [3.05, 3.63) is 6.33 Å². The van der Waals surface area contributed by atoms with Crippen LogP contribution < -0.4 is 5.73 Å². The topological polar surface area (TPSA) is 80.6 Å². The van der Waals surface area contributed by atoms with Crippen molar-refractivity contribution in [2.75, 3.05) is 0 Å². The van der Waals surface area contributed by atoms with Crippen LogP contribution in [0.4, 0.5) is 0 Å². The molecule has 0 aliphatic heterocycles. The number of thioether (sulfide) groups is 1. The molecule has 0 aromatic carbocycles. The van der Waals surface area contributed by atoms with Crippen LogP contribution in [0.5, 0.6) is 0 Å². The first-order valence-electron chi connectivity index (χ1n) is 3.99. The predicted octanol–water partition coefficient (Wildman–Crippen LogP) is 0.622. The SMILES string of the molecule is CCC(Sc1nncn1C)C(=N)N. The van der Waals surface area contributed by atoms with E-state index in [0.29, 0.717) is 0 Å². The highest BCUT2D eigenvalue weighted by molar-refractivity contribution is 8.00. The van der Waals surface area contributed by atoms with Crippen LogP contribution in [0.2, 0.25) is 0 Å². The van der Waals surface area contributed by atoms with Crippen LogP contribution in [0.25, 0.3) is 0 Å². The largest absolute Gasteiger partial charge is 0.387 e. The number of aromatic nitrogens is 3. The fraction of sp³-hybridized carbons (Fsp3) is 0.571. The summed E-state index contributed by atoms with van der Waals surface area (Å²) in [6.45, 7) is 2.00. The number of rotatable bonds is 4. The normalized spacial score (nSPS) is 12.8. The highest BCUT2D eigenvalue weighted by atomic mass is 32.2. The van der Waals surface area contributed by atoms with E-state index in [4.69, 9.17) is 11.1 Å². The highest BCUT2D eigenvalue weighted by Gasteiger charge is 2.14. The van der Waals surface area contributed by atoms with Gasteiger partial charge in [-0.2, -0.15) is 0 Å². The number of aryl methyl sites for hydroxylation is 1. The molecule has 13 heavy (non-hydrogen) atoms. The Morgan fingerprint density at radius 2 is 2.54 bits per heavy atom. The van der Waals surface area contributed by atoms with E-state index in [2.05, 4.69) is 10.2 Å². The minimum atomic E-state index is 0.00269. The third-order valence-corrected chi connectivity index (χ3v) is 3.09. The van der Waals surface area contributed by atoms with E-state index < -0.39 is 0 Å². The standard InChI is InChI=1S/C7H13N5S/c1-3-5(6(8)9)13-7-11-10-4-12(7)2/h4-5H,3H2,1-2H3,(H3,8,9). The van der Waals surface area contributed by atoms with Gasteiger partial charge in [0.1, 0.15) is 12.2 Å². The fourth-order valence-corrected chi connectivity index (χ4v) is 1.73. The molecule has 1 heterocycles. The van der Waals surface area contributed by atoms with E-state index in [-0.39, 0.29) is 11.1 Å². The van der Waals surface area contributed by atoms with Crippen LogP contribution in [0.15, 0.2) is 11.5 Å². The van der Waals surface area contributed by atoms with Gasteiger partial charge >= 0.3 is 0 Å². The lowest BCUT2D eigenvalue weighted by Gasteiger charge is -2.10. The first kappa shape index (κ1) is 10.0. The monoisotopic (exact) mass is 199 g/mol. The number of nitrogens with one attached hydrogen (secondary N) is 1. The molecule has 0 saturated heterocycles. The Morgan fingerprint density at radius 3 is 2.92 bits per heavy atom. The number of amidine groups is 1. The lowest BCUT2D eigenvalue weighted by molar-refractivity contribution is 0.785. The Bertz CT molecular complexity index is 295. The first-order valence-corrected chi connectivity index (χ1v) is 4.87. The number of nitrogens with zero attached hydrogens (tertiary/aromatic N) is 3. The van der Waals surface area contributed by atoms with Gasteiger partial charge in [-0.15, -0.1) is 10.2 Å². The molecule has 0 saturated carbocycles. The van der Waals surface area contributed by atoms with Crippen LogP contribution in [0.1, 0.15) is 13.3 Å². The van der Waals surface area contributed by atoms with Crippen molar-refractivity contribution in [2.24, 2.45) is 12.8 Å². The molecule has 0 amide bonds. The molecule has 6 heteroatoms. The van der Waals surface area contributed by atoms with Gasteiger partial charge < -0.3 is 10.3 Å². The van der Waals surface area contributed by atoms with Gasteiger partial charge in [-0.3, -0.25) is 5.41 Å². The van der Waals surface area contributed by atoms with Gasteiger partial charge in [-0.25, -0.2) is 0 Å². The number of nitrogens with two attached hydrogens (primary N) is 1. The van der Waals surface area contributed by atoms with Crippen molar-refractivity contribution in [3.63, 3.8) is 0 Å². The maximum atomic E-state index is 7.32. The van der Waals surface area contributed by atoms with Crippen LogP contribution in [-0.2, 0) is 7.05 Å². The van der Waals surface area contributed by atoms with Gasteiger partial charge in [0.15, 0.2) is 5.16 Å². The molecule has 0 fully saturated rings. The molecule has 0 aliphatic rings. The van der Waals surface area contributed by atoms with Crippen molar-refractivity contribution >= 4 is 17.6 Å². The summed E-state index contributed by atoms with van der Waals surface area (Å²) < 4.78 is 1.82. The second-order valence-corrected chi connectivity index (χ2v) is 3.86. The summed E-state index contributed by atoms with van der Waals surface area (Å²) in [6.07, 6.45) is 2.46. The average molecular weight is 199 g/mol. The predicted molar refractivity (Wildman–Crippen MR) is 52.9 cm³/mol. The van der Waals surface area contributed by atoms with Crippen molar-refractivity contribution in [1.82, 2.24) is 14.8 Å². The molecule has 5 nitrogen and oxygen atoms in total. The summed E-state index contributed by atoms with van der Waals surface area (Å²) in [4.78, 5) is 0. The minimum absolute atomic E-state index is 0.00269. The number of hydrogen-bond acceptors (Lipinski definition) is 4. The summed E-state index contributed by atoms with van der Waals surface area (Å²) in [6, 6.07) is 0. The van der Waals surface area contributed by atoms with E-state index >= 15 is 0 Å². The highest BCUT2D eigenvalue weighted by Crippen LogP contribution is 2.22. The Kier molecular flexibility index (Phi) is 3.30. The third-order valence-electron chi connectivity index (χ3n) is 1.64. The smallest absolute Gasteiger partial charge is 0.191 e. The molecule has 0 aliphatic carbocycles. The molecule has 0 spiro atoms. The Balaban J connectivity index is 2.67. The molecule has 1 rings (SSSR count). The van der Waals surface area contributed by atoms with Crippen molar-refractivity contribution in [1.29, 1.82) is 5.41 Å². The minimum Gasteiger partial charge on any atom is -0.387 e. The molecule has 72 valence electrons. The van der Waals surface area contributed by atoms with Gasteiger partial charge in [0.05, 0.1) is 5.25 Å². The lowest BCUT2D eigenvalue weighted by atomic mass is 10.3. The molecule has 1 aromatic rings. The van der Waals surface area contributed by atoms with E-state index in [1.807, 2.05) is 18.5 Å². The Labute approximate surface area is 81.2 Å². The molecule has 3 N–H and O–H groups in total. The first-order chi connectivity index (χ1) is 6.15. The third kappa shape index (κ3) is 2.45. The summed E-state index contributed by atoms with van der Waals surface area (Å²) in [7, 11) is 1.87. The zero-order valence-electron chi connectivity index (χ0n) is 7.69. The van der Waals surface area contributed by atoms with E-state index in [1.54, 1.807) is 6.33 Å². The molecule has 1 aromatic heterocycles. The van der Waals surface area contributed by atoms with Crippen LogP contribution in [0, 0.1) is 5.41 Å². The molecule has 1 atom stereocenters. The van der Waals surface area contributed by atoms with Gasteiger partial charge in [0.25, 0.3) is 0 Å². The van der Waals surface area contributed by atoms with Crippen LogP contribution in [0.3, 0.4) is 0 Å². The second kappa shape index (κ2) is 4.27. The quantitative estimate of drug-likeness (QED) is 0.423. The summed E-state index contributed by atoms with van der Waals surface area (Å²) >= 11 is 1.47. The van der Waals surface area contributed by atoms with Crippen LogP contribution >= 0.6 is 11.8 Å². The molecule has 0 bridgehead atoms. The maximum Gasteiger partial charge on any atom is 0.191 e. The van der Waals surface area contributed by atoms with Gasteiger partial charge in [0, 0.05) is 7.05 Å². The lowest BCUT2D eigenvalue weighted by Crippen LogP contribution is -2.24. The fourth-order valence-electron chi connectivity index (χ4n) is 0.873. The molecule has 0 radical (unpaired) electrons. The van der Waals surface area contributed by atoms with Gasteiger partial charge in [-0.1, -0.05) is 18.7 Å². The van der Waals surface area contributed by atoms with Crippen LogP contribution in [-0.4, -0.2) is 25.9 Å². The summed E-state index contributed by atoms with van der Waals surface area (Å²) in [5.41, 5.74) is 5.42. The van der Waals surface area contributed by atoms with E-state index in [9.17, 15) is 0 Å². The van der Waals surface area contributed by atoms with Gasteiger partial charge in [-0.05, 0) is 6.42 Å². The Hall–Kier alpha value is -1.04.